The number of benzene rings is 1. The van der Waals surface area contributed by atoms with Crippen molar-refractivity contribution in [1.29, 1.82) is 0 Å². The first kappa shape index (κ1) is 12.0. The van der Waals surface area contributed by atoms with Gasteiger partial charge in [0.25, 0.3) is 0 Å². The van der Waals surface area contributed by atoms with Gasteiger partial charge in [0.15, 0.2) is 0 Å². The normalized spacial score (nSPS) is 20.9. The molecule has 1 aliphatic rings. The van der Waals surface area contributed by atoms with Crippen LogP contribution in [0.1, 0.15) is 30.5 Å². The van der Waals surface area contributed by atoms with Crippen molar-refractivity contribution >= 4 is 15.9 Å². The van der Waals surface area contributed by atoms with E-state index in [4.69, 9.17) is 5.11 Å². The lowest BCUT2D eigenvalue weighted by Gasteiger charge is -2.19. The standard InChI is InChI=1S/C12H15BrFNO/c1-7(6-16)15-11-5-2-8-10(14)4-3-9(13)12(8)11/h3-4,7,11,15-16H,2,5-6H2,1H3/t7-,11?/m0/s1. The van der Waals surface area contributed by atoms with Gasteiger partial charge < -0.3 is 10.4 Å². The molecular formula is C12H15BrFNO. The van der Waals surface area contributed by atoms with Gasteiger partial charge in [0, 0.05) is 16.6 Å². The minimum absolute atomic E-state index is 0.0334. The molecule has 1 aliphatic carbocycles. The lowest BCUT2D eigenvalue weighted by molar-refractivity contribution is 0.240. The van der Waals surface area contributed by atoms with Crippen LogP contribution in [0.5, 0.6) is 0 Å². The van der Waals surface area contributed by atoms with Crippen LogP contribution in [0.2, 0.25) is 0 Å². The maximum absolute atomic E-state index is 13.6. The van der Waals surface area contributed by atoms with Crippen LogP contribution in [0.15, 0.2) is 16.6 Å². The molecule has 0 saturated heterocycles. The highest BCUT2D eigenvalue weighted by atomic mass is 79.9. The lowest BCUT2D eigenvalue weighted by Crippen LogP contribution is -2.32. The zero-order chi connectivity index (χ0) is 11.7. The molecule has 0 bridgehead atoms. The Morgan fingerprint density at radius 3 is 3.06 bits per heavy atom. The SMILES string of the molecule is C[C@@H](CO)NC1CCc2c(F)ccc(Br)c21. The van der Waals surface area contributed by atoms with Crippen molar-refractivity contribution in [3.8, 4) is 0 Å². The predicted molar refractivity (Wildman–Crippen MR) is 64.8 cm³/mol. The molecule has 1 aromatic carbocycles. The van der Waals surface area contributed by atoms with E-state index >= 15 is 0 Å². The van der Waals surface area contributed by atoms with Crippen LogP contribution < -0.4 is 5.32 Å². The fourth-order valence-corrected chi connectivity index (χ4v) is 2.88. The van der Waals surface area contributed by atoms with Crippen molar-refractivity contribution in [2.45, 2.75) is 31.8 Å². The first-order valence-electron chi connectivity index (χ1n) is 5.47. The van der Waals surface area contributed by atoms with E-state index in [9.17, 15) is 4.39 Å². The van der Waals surface area contributed by atoms with Gasteiger partial charge in [-0.2, -0.15) is 0 Å². The topological polar surface area (TPSA) is 32.3 Å². The Kier molecular flexibility index (Phi) is 3.62. The maximum atomic E-state index is 13.6. The van der Waals surface area contributed by atoms with Crippen molar-refractivity contribution in [2.75, 3.05) is 6.61 Å². The van der Waals surface area contributed by atoms with E-state index in [0.717, 1.165) is 28.4 Å². The highest BCUT2D eigenvalue weighted by Crippen LogP contribution is 2.38. The number of hydrogen-bond donors (Lipinski definition) is 2. The lowest BCUT2D eigenvalue weighted by atomic mass is 10.1. The van der Waals surface area contributed by atoms with E-state index in [-0.39, 0.29) is 24.5 Å². The molecule has 16 heavy (non-hydrogen) atoms. The van der Waals surface area contributed by atoms with Gasteiger partial charge in [-0.15, -0.1) is 0 Å². The van der Waals surface area contributed by atoms with Crippen LogP contribution in [0, 0.1) is 5.82 Å². The van der Waals surface area contributed by atoms with Crippen LogP contribution in [-0.4, -0.2) is 17.8 Å². The van der Waals surface area contributed by atoms with Crippen molar-refractivity contribution in [1.82, 2.24) is 5.32 Å². The molecule has 2 N–H and O–H groups in total. The summed E-state index contributed by atoms with van der Waals surface area (Å²) >= 11 is 3.46. The number of fused-ring (bicyclic) bond motifs is 1. The highest BCUT2D eigenvalue weighted by molar-refractivity contribution is 9.10. The summed E-state index contributed by atoms with van der Waals surface area (Å²) in [7, 11) is 0. The van der Waals surface area contributed by atoms with Crippen LogP contribution in [0.4, 0.5) is 4.39 Å². The van der Waals surface area contributed by atoms with Gasteiger partial charge in [0.1, 0.15) is 5.82 Å². The summed E-state index contributed by atoms with van der Waals surface area (Å²) in [6, 6.07) is 3.42. The molecule has 0 heterocycles. The number of aliphatic hydroxyl groups excluding tert-OH is 1. The molecule has 1 unspecified atom stereocenters. The summed E-state index contributed by atoms with van der Waals surface area (Å²) < 4.78 is 14.5. The average molecular weight is 288 g/mol. The van der Waals surface area contributed by atoms with E-state index in [1.807, 2.05) is 6.92 Å². The van der Waals surface area contributed by atoms with Crippen LogP contribution in [0.3, 0.4) is 0 Å². The summed E-state index contributed by atoms with van der Waals surface area (Å²) in [6.45, 7) is 2.02. The van der Waals surface area contributed by atoms with Crippen molar-refractivity contribution < 1.29 is 9.50 Å². The summed E-state index contributed by atoms with van der Waals surface area (Å²) in [5.74, 6) is -0.126. The van der Waals surface area contributed by atoms with Gasteiger partial charge in [-0.05, 0) is 43.0 Å². The molecule has 0 amide bonds. The molecule has 2 atom stereocenters. The monoisotopic (exact) mass is 287 g/mol. The van der Waals surface area contributed by atoms with E-state index in [1.165, 1.54) is 6.07 Å². The second kappa shape index (κ2) is 4.82. The van der Waals surface area contributed by atoms with Gasteiger partial charge >= 0.3 is 0 Å². The Balaban J connectivity index is 2.28. The molecule has 0 aromatic heterocycles. The molecule has 0 radical (unpaired) electrons. The second-order valence-corrected chi connectivity index (χ2v) is 5.12. The number of aliphatic hydroxyl groups is 1. The van der Waals surface area contributed by atoms with Gasteiger partial charge in [-0.3, -0.25) is 0 Å². The van der Waals surface area contributed by atoms with E-state index in [0.29, 0.717) is 0 Å². The van der Waals surface area contributed by atoms with Crippen molar-refractivity contribution in [2.24, 2.45) is 0 Å². The summed E-state index contributed by atoms with van der Waals surface area (Å²) in [6.07, 6.45) is 1.65. The quantitative estimate of drug-likeness (QED) is 0.896. The fourth-order valence-electron chi connectivity index (χ4n) is 2.24. The van der Waals surface area contributed by atoms with Crippen LogP contribution >= 0.6 is 15.9 Å². The molecule has 0 fully saturated rings. The Bertz CT molecular complexity index is 397. The molecule has 0 aliphatic heterocycles. The molecular weight excluding hydrogens is 273 g/mol. The van der Waals surface area contributed by atoms with Gasteiger partial charge in [-0.25, -0.2) is 4.39 Å². The van der Waals surface area contributed by atoms with E-state index in [1.54, 1.807) is 6.07 Å². The summed E-state index contributed by atoms with van der Waals surface area (Å²) in [4.78, 5) is 0. The van der Waals surface area contributed by atoms with E-state index in [2.05, 4.69) is 21.2 Å². The number of nitrogens with one attached hydrogen (secondary N) is 1. The molecule has 2 nitrogen and oxygen atoms in total. The summed E-state index contributed by atoms with van der Waals surface area (Å²) in [5, 5.41) is 12.3. The zero-order valence-corrected chi connectivity index (χ0v) is 10.7. The maximum Gasteiger partial charge on any atom is 0.126 e. The van der Waals surface area contributed by atoms with Crippen molar-refractivity contribution in [3.63, 3.8) is 0 Å². The Morgan fingerprint density at radius 2 is 2.38 bits per heavy atom. The molecule has 0 spiro atoms. The molecule has 2 rings (SSSR count). The van der Waals surface area contributed by atoms with Crippen molar-refractivity contribution in [3.05, 3.63) is 33.5 Å². The fraction of sp³-hybridized carbons (Fsp3) is 0.500. The highest BCUT2D eigenvalue weighted by Gasteiger charge is 2.27. The third-order valence-electron chi connectivity index (χ3n) is 3.04. The Labute approximate surface area is 103 Å². The largest absolute Gasteiger partial charge is 0.395 e. The van der Waals surface area contributed by atoms with Crippen LogP contribution in [0.25, 0.3) is 0 Å². The summed E-state index contributed by atoms with van der Waals surface area (Å²) in [5.41, 5.74) is 1.82. The predicted octanol–water partition coefficient (Wildman–Crippen LogP) is 2.55. The molecule has 1 aromatic rings. The molecule has 4 heteroatoms. The van der Waals surface area contributed by atoms with Crippen LogP contribution in [-0.2, 0) is 6.42 Å². The molecule has 0 saturated carbocycles. The Hall–Kier alpha value is -0.450. The first-order chi connectivity index (χ1) is 7.63. The average Bonchev–Trinajstić information content (AvgIpc) is 2.68. The number of rotatable bonds is 3. The smallest absolute Gasteiger partial charge is 0.126 e. The van der Waals surface area contributed by atoms with Gasteiger partial charge in [0.05, 0.1) is 6.61 Å². The second-order valence-electron chi connectivity index (χ2n) is 4.26. The van der Waals surface area contributed by atoms with E-state index < -0.39 is 0 Å². The van der Waals surface area contributed by atoms with Gasteiger partial charge in [-0.1, -0.05) is 15.9 Å². The number of hydrogen-bond acceptors (Lipinski definition) is 2. The Morgan fingerprint density at radius 1 is 1.62 bits per heavy atom. The minimum Gasteiger partial charge on any atom is -0.395 e. The third kappa shape index (κ3) is 2.14. The zero-order valence-electron chi connectivity index (χ0n) is 9.13. The third-order valence-corrected chi connectivity index (χ3v) is 3.73. The van der Waals surface area contributed by atoms with Gasteiger partial charge in [0.2, 0.25) is 0 Å². The first-order valence-corrected chi connectivity index (χ1v) is 6.26. The number of halogens is 2. The molecule has 88 valence electrons. The minimum atomic E-state index is -0.126.